The third kappa shape index (κ3) is 4.02. The van der Waals surface area contributed by atoms with Gasteiger partial charge in [-0.15, -0.1) is 0 Å². The van der Waals surface area contributed by atoms with Crippen LogP contribution in [0.5, 0.6) is 11.5 Å². The maximum absolute atomic E-state index is 12.2. The van der Waals surface area contributed by atoms with E-state index in [4.69, 9.17) is 13.9 Å². The zero-order valence-electron chi connectivity index (χ0n) is 12.5. The Labute approximate surface area is 130 Å². The van der Waals surface area contributed by atoms with E-state index in [0.29, 0.717) is 30.9 Å². The molecule has 6 nitrogen and oxygen atoms in total. The molecule has 0 spiro atoms. The highest BCUT2D eigenvalue weighted by Gasteiger charge is 2.16. The molecule has 22 heavy (non-hydrogen) atoms. The van der Waals surface area contributed by atoms with E-state index in [1.54, 1.807) is 12.3 Å². The lowest BCUT2D eigenvalue weighted by atomic mass is 10.2. The summed E-state index contributed by atoms with van der Waals surface area (Å²) in [5, 5.41) is 0. The molecule has 0 aliphatic heterocycles. The van der Waals surface area contributed by atoms with Crippen LogP contribution in [0.4, 0.5) is 0 Å². The van der Waals surface area contributed by atoms with Crippen LogP contribution in [0.3, 0.4) is 0 Å². The van der Waals surface area contributed by atoms with Crippen molar-refractivity contribution in [1.29, 1.82) is 0 Å². The molecule has 1 heterocycles. The van der Waals surface area contributed by atoms with Crippen molar-refractivity contribution in [2.45, 2.75) is 17.7 Å². The molecule has 0 aliphatic carbocycles. The average Bonchev–Trinajstić information content (AvgIpc) is 3.04. The number of aryl methyl sites for hydroxylation is 1. The zero-order valence-corrected chi connectivity index (χ0v) is 13.4. The van der Waals surface area contributed by atoms with Gasteiger partial charge in [-0.1, -0.05) is 0 Å². The lowest BCUT2D eigenvalue weighted by molar-refractivity contribution is 0.354. The quantitative estimate of drug-likeness (QED) is 0.753. The fourth-order valence-electron chi connectivity index (χ4n) is 1.99. The molecule has 0 fully saturated rings. The van der Waals surface area contributed by atoms with Crippen molar-refractivity contribution in [2.24, 2.45) is 0 Å². The first kappa shape index (κ1) is 16.4. The Bertz CT molecular complexity index is 695. The van der Waals surface area contributed by atoms with E-state index in [1.807, 2.05) is 12.1 Å². The van der Waals surface area contributed by atoms with Crippen molar-refractivity contribution in [3.05, 3.63) is 42.4 Å². The van der Waals surface area contributed by atoms with Crippen molar-refractivity contribution in [3.8, 4) is 11.5 Å². The molecule has 2 aromatic rings. The number of hydrogen-bond acceptors (Lipinski definition) is 5. The smallest absolute Gasteiger partial charge is 0.240 e. The van der Waals surface area contributed by atoms with Gasteiger partial charge >= 0.3 is 0 Å². The van der Waals surface area contributed by atoms with Crippen LogP contribution in [0, 0.1) is 0 Å². The summed E-state index contributed by atoms with van der Waals surface area (Å²) in [6.07, 6.45) is 2.94. The van der Waals surface area contributed by atoms with Crippen LogP contribution in [0.25, 0.3) is 0 Å². The number of furan rings is 1. The standard InChI is InChI=1S/C15H19NO5S/c1-19-14-8-7-13(11-15(14)20-2)22(17,18)16-9-3-5-12-6-4-10-21-12/h4,6-8,10-11,16H,3,5,9H2,1-2H3. The Kier molecular flexibility index (Phi) is 5.46. The van der Waals surface area contributed by atoms with Crippen molar-refractivity contribution in [3.63, 3.8) is 0 Å². The summed E-state index contributed by atoms with van der Waals surface area (Å²) in [5.74, 6) is 1.70. The third-order valence-electron chi connectivity index (χ3n) is 3.14. The topological polar surface area (TPSA) is 77.8 Å². The maximum atomic E-state index is 12.2. The minimum absolute atomic E-state index is 0.142. The Morgan fingerprint density at radius 1 is 1.14 bits per heavy atom. The van der Waals surface area contributed by atoms with Gasteiger partial charge in [0.25, 0.3) is 0 Å². The third-order valence-corrected chi connectivity index (χ3v) is 4.60. The van der Waals surface area contributed by atoms with Gasteiger partial charge in [-0.3, -0.25) is 0 Å². The van der Waals surface area contributed by atoms with Gasteiger partial charge in [-0.05, 0) is 30.7 Å². The molecule has 7 heteroatoms. The molecular weight excluding hydrogens is 306 g/mol. The summed E-state index contributed by atoms with van der Waals surface area (Å²) in [7, 11) is -0.613. The van der Waals surface area contributed by atoms with Crippen LogP contribution in [0.2, 0.25) is 0 Å². The predicted octanol–water partition coefficient (Wildman–Crippen LogP) is 2.21. The molecular formula is C15H19NO5S. The van der Waals surface area contributed by atoms with Crippen LogP contribution in [0.15, 0.2) is 45.9 Å². The van der Waals surface area contributed by atoms with Crippen molar-refractivity contribution in [2.75, 3.05) is 20.8 Å². The molecule has 0 amide bonds. The summed E-state index contributed by atoms with van der Waals surface area (Å²) in [6, 6.07) is 8.16. The first-order chi connectivity index (χ1) is 10.6. The number of sulfonamides is 1. The van der Waals surface area contributed by atoms with Gasteiger partial charge in [0, 0.05) is 19.0 Å². The van der Waals surface area contributed by atoms with Crippen molar-refractivity contribution >= 4 is 10.0 Å². The number of ether oxygens (including phenoxy) is 2. The van der Waals surface area contributed by atoms with Gasteiger partial charge in [0.1, 0.15) is 5.76 Å². The first-order valence-electron chi connectivity index (χ1n) is 6.81. The lowest BCUT2D eigenvalue weighted by Crippen LogP contribution is -2.25. The van der Waals surface area contributed by atoms with Crippen LogP contribution in [0.1, 0.15) is 12.2 Å². The van der Waals surface area contributed by atoms with Gasteiger partial charge in [0.2, 0.25) is 10.0 Å². The number of benzene rings is 1. The zero-order chi connectivity index (χ0) is 16.0. The predicted molar refractivity (Wildman–Crippen MR) is 81.8 cm³/mol. The molecule has 0 atom stereocenters. The van der Waals surface area contributed by atoms with Gasteiger partial charge in [0.15, 0.2) is 11.5 Å². The highest BCUT2D eigenvalue weighted by atomic mass is 32.2. The largest absolute Gasteiger partial charge is 0.493 e. The minimum atomic E-state index is -3.58. The van der Waals surface area contributed by atoms with E-state index in [2.05, 4.69) is 4.72 Å². The highest BCUT2D eigenvalue weighted by Crippen LogP contribution is 2.29. The van der Waals surface area contributed by atoms with Crippen LogP contribution >= 0.6 is 0 Å². The number of rotatable bonds is 8. The van der Waals surface area contributed by atoms with Crippen LogP contribution < -0.4 is 14.2 Å². The molecule has 120 valence electrons. The SMILES string of the molecule is COc1ccc(S(=O)(=O)NCCCc2ccco2)cc1OC. The number of methoxy groups -OCH3 is 2. The van der Waals surface area contributed by atoms with Crippen molar-refractivity contribution in [1.82, 2.24) is 4.72 Å². The van der Waals surface area contributed by atoms with E-state index in [-0.39, 0.29) is 4.90 Å². The molecule has 0 saturated carbocycles. The summed E-state index contributed by atoms with van der Waals surface area (Å²) in [4.78, 5) is 0.142. The van der Waals surface area contributed by atoms with E-state index >= 15 is 0 Å². The normalized spacial score (nSPS) is 11.4. The molecule has 1 aromatic heterocycles. The van der Waals surface area contributed by atoms with Gasteiger partial charge in [-0.25, -0.2) is 13.1 Å². The first-order valence-corrected chi connectivity index (χ1v) is 8.29. The van der Waals surface area contributed by atoms with Gasteiger partial charge < -0.3 is 13.9 Å². The summed E-state index contributed by atoms with van der Waals surface area (Å²) < 4.78 is 42.4. The minimum Gasteiger partial charge on any atom is -0.493 e. The second kappa shape index (κ2) is 7.33. The van der Waals surface area contributed by atoms with Gasteiger partial charge in [0.05, 0.1) is 25.4 Å². The maximum Gasteiger partial charge on any atom is 0.240 e. The second-order valence-electron chi connectivity index (χ2n) is 4.60. The van der Waals surface area contributed by atoms with E-state index in [9.17, 15) is 8.42 Å². The molecule has 0 radical (unpaired) electrons. The molecule has 0 aliphatic rings. The molecule has 0 unspecified atom stereocenters. The molecule has 2 rings (SSSR count). The number of nitrogens with one attached hydrogen (secondary N) is 1. The Hall–Kier alpha value is -1.99. The summed E-state index contributed by atoms with van der Waals surface area (Å²) in [5.41, 5.74) is 0. The van der Waals surface area contributed by atoms with E-state index in [1.165, 1.54) is 26.4 Å². The fraction of sp³-hybridized carbons (Fsp3) is 0.333. The van der Waals surface area contributed by atoms with E-state index in [0.717, 1.165) is 5.76 Å². The molecule has 0 saturated heterocycles. The van der Waals surface area contributed by atoms with Crippen LogP contribution in [-0.4, -0.2) is 29.2 Å². The molecule has 0 bridgehead atoms. The summed E-state index contributed by atoms with van der Waals surface area (Å²) in [6.45, 7) is 0.331. The summed E-state index contributed by atoms with van der Waals surface area (Å²) >= 11 is 0. The van der Waals surface area contributed by atoms with Crippen LogP contribution in [-0.2, 0) is 16.4 Å². The Morgan fingerprint density at radius 2 is 1.91 bits per heavy atom. The van der Waals surface area contributed by atoms with Crippen molar-refractivity contribution < 1.29 is 22.3 Å². The lowest BCUT2D eigenvalue weighted by Gasteiger charge is -2.10. The molecule has 1 aromatic carbocycles. The average molecular weight is 325 g/mol. The highest BCUT2D eigenvalue weighted by molar-refractivity contribution is 7.89. The Balaban J connectivity index is 1.97. The molecule has 1 N–H and O–H groups in total. The number of hydrogen-bond donors (Lipinski definition) is 1. The monoisotopic (exact) mass is 325 g/mol. The second-order valence-corrected chi connectivity index (χ2v) is 6.36. The van der Waals surface area contributed by atoms with E-state index < -0.39 is 10.0 Å². The van der Waals surface area contributed by atoms with Gasteiger partial charge in [-0.2, -0.15) is 0 Å². The Morgan fingerprint density at radius 3 is 2.55 bits per heavy atom. The fourth-order valence-corrected chi connectivity index (χ4v) is 3.08.